The predicted molar refractivity (Wildman–Crippen MR) is 90.3 cm³/mol. The number of hydrogen-bond acceptors (Lipinski definition) is 6. The fourth-order valence-corrected chi connectivity index (χ4v) is 2.29. The molecule has 0 aliphatic carbocycles. The zero-order chi connectivity index (χ0) is 21.2. The molecule has 3 aromatic heterocycles. The summed E-state index contributed by atoms with van der Waals surface area (Å²) in [4.78, 5) is 7.91. The van der Waals surface area contributed by atoms with Gasteiger partial charge in [-0.1, -0.05) is 6.92 Å². The molecule has 0 fully saturated rings. The maximum atomic E-state index is 14.2. The third-order valence-corrected chi connectivity index (χ3v) is 3.83. The highest BCUT2D eigenvalue weighted by molar-refractivity contribution is 5.59. The first-order valence-corrected chi connectivity index (χ1v) is 8.54. The van der Waals surface area contributed by atoms with Crippen molar-refractivity contribution in [3.63, 3.8) is 0 Å². The predicted octanol–water partition coefficient (Wildman–Crippen LogP) is 3.99. The quantitative estimate of drug-likeness (QED) is 0.541. The molecule has 7 nitrogen and oxygen atoms in total. The van der Waals surface area contributed by atoms with Crippen molar-refractivity contribution in [2.45, 2.75) is 38.7 Å². The van der Waals surface area contributed by atoms with Crippen molar-refractivity contribution in [3.8, 4) is 17.1 Å². The topological polar surface area (TPSA) is 74.4 Å². The molecule has 3 aromatic rings. The first-order valence-electron chi connectivity index (χ1n) is 8.54. The molecule has 29 heavy (non-hydrogen) atoms. The molecule has 12 heteroatoms. The molecule has 0 aromatic carbocycles. The third-order valence-electron chi connectivity index (χ3n) is 3.83. The number of fused-ring (bicyclic) bond motifs is 1. The van der Waals surface area contributed by atoms with E-state index in [1.165, 1.54) is 30.7 Å². The van der Waals surface area contributed by atoms with Crippen molar-refractivity contribution in [2.24, 2.45) is 0 Å². The summed E-state index contributed by atoms with van der Waals surface area (Å²) in [7, 11) is 0. The number of rotatable bonds is 7. The van der Waals surface area contributed by atoms with Gasteiger partial charge in [0.05, 0.1) is 18.5 Å². The van der Waals surface area contributed by atoms with Gasteiger partial charge in [-0.15, -0.1) is 10.2 Å². The van der Waals surface area contributed by atoms with Crippen LogP contribution in [-0.4, -0.2) is 43.5 Å². The summed E-state index contributed by atoms with van der Waals surface area (Å²) in [5.41, 5.74) is 0.680. The summed E-state index contributed by atoms with van der Waals surface area (Å²) in [5, 5.41) is 7.13. The molecular weight excluding hydrogens is 401 g/mol. The Morgan fingerprint density at radius 3 is 2.45 bits per heavy atom. The minimum Gasteiger partial charge on any atom is -0.465 e. The Labute approximate surface area is 161 Å². The van der Waals surface area contributed by atoms with Gasteiger partial charge in [0, 0.05) is 24.0 Å². The summed E-state index contributed by atoms with van der Waals surface area (Å²) >= 11 is 0. The van der Waals surface area contributed by atoms with Crippen LogP contribution in [0.15, 0.2) is 30.7 Å². The molecule has 0 saturated carbocycles. The second kappa shape index (κ2) is 7.85. The molecule has 0 N–H and O–H groups in total. The SMILES string of the molecule is CCCOC(F)(F)c1nnc2cnc(-c3ccc(OC(C)C(F)(F)F)nc3)cn12. The molecule has 0 bridgehead atoms. The maximum Gasteiger partial charge on any atom is 0.425 e. The lowest BCUT2D eigenvalue weighted by atomic mass is 10.2. The number of pyridine rings is 1. The fraction of sp³-hybridized carbons (Fsp3) is 0.412. The van der Waals surface area contributed by atoms with Gasteiger partial charge in [-0.3, -0.25) is 9.38 Å². The lowest BCUT2D eigenvalue weighted by molar-refractivity contribution is -0.254. The van der Waals surface area contributed by atoms with E-state index in [1.54, 1.807) is 6.92 Å². The zero-order valence-electron chi connectivity index (χ0n) is 15.3. The molecule has 0 radical (unpaired) electrons. The van der Waals surface area contributed by atoms with E-state index in [0.29, 0.717) is 12.0 Å². The number of aromatic nitrogens is 5. The average Bonchev–Trinajstić information content (AvgIpc) is 3.10. The normalized spacial score (nSPS) is 13.6. The van der Waals surface area contributed by atoms with Crippen molar-refractivity contribution in [1.82, 2.24) is 24.6 Å². The van der Waals surface area contributed by atoms with Crippen LogP contribution in [0, 0.1) is 0 Å². The van der Waals surface area contributed by atoms with E-state index >= 15 is 0 Å². The van der Waals surface area contributed by atoms with Gasteiger partial charge >= 0.3 is 12.3 Å². The van der Waals surface area contributed by atoms with Crippen molar-refractivity contribution in [3.05, 3.63) is 36.5 Å². The molecule has 1 unspecified atom stereocenters. The Hall–Kier alpha value is -2.89. The Balaban J connectivity index is 1.88. The van der Waals surface area contributed by atoms with E-state index < -0.39 is 24.2 Å². The molecular formula is C17H16F5N5O2. The molecule has 3 heterocycles. The molecule has 0 amide bonds. The van der Waals surface area contributed by atoms with E-state index in [1.807, 2.05) is 0 Å². The van der Waals surface area contributed by atoms with Crippen molar-refractivity contribution >= 4 is 5.65 Å². The number of ether oxygens (including phenoxy) is 2. The van der Waals surface area contributed by atoms with Gasteiger partial charge in [0.1, 0.15) is 0 Å². The summed E-state index contributed by atoms with van der Waals surface area (Å²) in [6.45, 7) is 2.39. The minimum absolute atomic E-state index is 0.0791. The fourth-order valence-electron chi connectivity index (χ4n) is 2.29. The molecule has 0 aliphatic rings. The van der Waals surface area contributed by atoms with Gasteiger partial charge < -0.3 is 9.47 Å². The third kappa shape index (κ3) is 4.58. The van der Waals surface area contributed by atoms with E-state index in [4.69, 9.17) is 4.74 Å². The Morgan fingerprint density at radius 1 is 1.07 bits per heavy atom. The van der Waals surface area contributed by atoms with Crippen LogP contribution in [0.4, 0.5) is 22.0 Å². The largest absolute Gasteiger partial charge is 0.465 e. The molecule has 0 spiro atoms. The van der Waals surface area contributed by atoms with Crippen LogP contribution in [0.1, 0.15) is 26.1 Å². The molecule has 3 rings (SSSR count). The van der Waals surface area contributed by atoms with Gasteiger partial charge in [0.15, 0.2) is 11.8 Å². The smallest absolute Gasteiger partial charge is 0.425 e. The monoisotopic (exact) mass is 417 g/mol. The molecule has 1 atom stereocenters. The summed E-state index contributed by atoms with van der Waals surface area (Å²) < 4.78 is 76.5. The first-order chi connectivity index (χ1) is 13.6. The zero-order valence-corrected chi connectivity index (χ0v) is 15.3. The lowest BCUT2D eigenvalue weighted by Crippen LogP contribution is -2.31. The molecule has 0 saturated heterocycles. The summed E-state index contributed by atoms with van der Waals surface area (Å²) in [5.74, 6) is -0.944. The van der Waals surface area contributed by atoms with E-state index in [0.717, 1.165) is 11.3 Å². The van der Waals surface area contributed by atoms with Crippen LogP contribution < -0.4 is 4.74 Å². The Morgan fingerprint density at radius 2 is 1.83 bits per heavy atom. The molecule has 0 aliphatic heterocycles. The highest BCUT2D eigenvalue weighted by atomic mass is 19.4. The van der Waals surface area contributed by atoms with Crippen LogP contribution in [0.5, 0.6) is 5.88 Å². The second-order valence-electron chi connectivity index (χ2n) is 6.08. The van der Waals surface area contributed by atoms with E-state index in [2.05, 4.69) is 24.9 Å². The van der Waals surface area contributed by atoms with Crippen LogP contribution in [0.2, 0.25) is 0 Å². The number of alkyl halides is 5. The number of halogens is 5. The van der Waals surface area contributed by atoms with Crippen LogP contribution in [0.3, 0.4) is 0 Å². The second-order valence-corrected chi connectivity index (χ2v) is 6.08. The van der Waals surface area contributed by atoms with Crippen molar-refractivity contribution in [2.75, 3.05) is 6.61 Å². The summed E-state index contributed by atoms with van der Waals surface area (Å²) in [6.07, 6.45) is -6.09. The number of hydrogen-bond donors (Lipinski definition) is 0. The Kier molecular flexibility index (Phi) is 5.64. The lowest BCUT2D eigenvalue weighted by Gasteiger charge is -2.16. The first kappa shape index (κ1) is 20.8. The van der Waals surface area contributed by atoms with Crippen LogP contribution >= 0.6 is 0 Å². The van der Waals surface area contributed by atoms with Gasteiger partial charge in [-0.2, -0.15) is 22.0 Å². The average molecular weight is 417 g/mol. The van der Waals surface area contributed by atoms with Gasteiger partial charge in [0.25, 0.3) is 0 Å². The summed E-state index contributed by atoms with van der Waals surface area (Å²) in [6, 6.07) is 2.64. The minimum atomic E-state index is -4.52. The number of nitrogens with zero attached hydrogens (tertiary/aromatic N) is 5. The molecule has 156 valence electrons. The highest BCUT2D eigenvalue weighted by Gasteiger charge is 2.39. The Bertz CT molecular complexity index is 974. The van der Waals surface area contributed by atoms with Crippen LogP contribution in [-0.2, 0) is 10.8 Å². The standard InChI is InChI=1S/C17H16F5N5O2/c1-3-6-28-17(21,22)15-26-25-13-8-23-12(9-27(13)15)11-4-5-14(24-7-11)29-10(2)16(18,19)20/h4-5,7-10H,3,6H2,1-2H3. The van der Waals surface area contributed by atoms with E-state index in [-0.39, 0.29) is 23.8 Å². The van der Waals surface area contributed by atoms with Crippen molar-refractivity contribution < 1.29 is 31.4 Å². The van der Waals surface area contributed by atoms with Crippen LogP contribution in [0.25, 0.3) is 16.9 Å². The van der Waals surface area contributed by atoms with Crippen molar-refractivity contribution in [1.29, 1.82) is 0 Å². The van der Waals surface area contributed by atoms with Gasteiger partial charge in [-0.25, -0.2) is 4.98 Å². The maximum absolute atomic E-state index is 14.2. The van der Waals surface area contributed by atoms with E-state index in [9.17, 15) is 22.0 Å². The van der Waals surface area contributed by atoms with Gasteiger partial charge in [-0.05, 0) is 19.4 Å². The van der Waals surface area contributed by atoms with Gasteiger partial charge in [0.2, 0.25) is 11.7 Å². The highest BCUT2D eigenvalue weighted by Crippen LogP contribution is 2.29.